The number of carbonyl (C=O) groups is 1. The maximum atomic E-state index is 12.2. The van der Waals surface area contributed by atoms with Gasteiger partial charge in [0.05, 0.1) is 5.54 Å². The van der Waals surface area contributed by atoms with E-state index in [2.05, 4.69) is 0 Å². The minimum atomic E-state index is -0.427. The average Bonchev–Trinajstić information content (AvgIpc) is 2.74. The van der Waals surface area contributed by atoms with Crippen LogP contribution < -0.4 is 5.73 Å². The molecule has 2 rings (SSSR count). The molecule has 0 aromatic heterocycles. The molecule has 1 aliphatic heterocycles. The normalized spacial score (nSPS) is 33.4. The SMILES string of the molecule is CC(C)(C)OC(=O)N1CCC[C@]12CCC[C@@H]2N. The molecule has 0 bridgehead atoms. The molecule has 1 saturated heterocycles. The third-order valence-corrected chi connectivity index (χ3v) is 3.96. The molecule has 1 heterocycles. The van der Waals surface area contributed by atoms with Gasteiger partial charge in [-0.15, -0.1) is 0 Å². The van der Waals surface area contributed by atoms with E-state index in [1.807, 2.05) is 25.7 Å². The molecule has 98 valence electrons. The van der Waals surface area contributed by atoms with Gasteiger partial charge in [-0.1, -0.05) is 0 Å². The zero-order valence-corrected chi connectivity index (χ0v) is 11.2. The molecular formula is C13H24N2O2. The highest BCUT2D eigenvalue weighted by Gasteiger charge is 2.51. The first-order valence-electron chi connectivity index (χ1n) is 6.61. The number of amides is 1. The quantitative estimate of drug-likeness (QED) is 0.706. The minimum absolute atomic E-state index is 0.109. The molecule has 1 spiro atoms. The fourth-order valence-electron chi connectivity index (χ4n) is 3.22. The van der Waals surface area contributed by atoms with Crippen LogP contribution in [0.1, 0.15) is 52.9 Å². The number of rotatable bonds is 0. The van der Waals surface area contributed by atoms with Gasteiger partial charge in [0, 0.05) is 12.6 Å². The summed E-state index contributed by atoms with van der Waals surface area (Å²) in [5.41, 5.74) is 5.68. The molecule has 2 aliphatic rings. The van der Waals surface area contributed by atoms with Crippen molar-refractivity contribution in [2.75, 3.05) is 6.54 Å². The van der Waals surface area contributed by atoms with Gasteiger partial charge < -0.3 is 15.4 Å². The number of hydrogen-bond acceptors (Lipinski definition) is 3. The number of hydrogen-bond donors (Lipinski definition) is 1. The highest BCUT2D eigenvalue weighted by Crippen LogP contribution is 2.42. The summed E-state index contributed by atoms with van der Waals surface area (Å²) in [5, 5.41) is 0. The smallest absolute Gasteiger partial charge is 0.410 e. The van der Waals surface area contributed by atoms with Crippen molar-refractivity contribution in [1.29, 1.82) is 0 Å². The summed E-state index contributed by atoms with van der Waals surface area (Å²) >= 11 is 0. The Bertz CT molecular complexity index is 307. The number of likely N-dealkylation sites (tertiary alicyclic amines) is 1. The van der Waals surface area contributed by atoms with Gasteiger partial charge in [-0.2, -0.15) is 0 Å². The summed E-state index contributed by atoms with van der Waals surface area (Å²) in [6.07, 6.45) is 5.08. The van der Waals surface area contributed by atoms with Crippen LogP contribution in [0.25, 0.3) is 0 Å². The first kappa shape index (κ1) is 12.7. The molecule has 4 nitrogen and oxygen atoms in total. The van der Waals surface area contributed by atoms with Gasteiger partial charge in [0.25, 0.3) is 0 Å². The van der Waals surface area contributed by atoms with E-state index in [9.17, 15) is 4.79 Å². The van der Waals surface area contributed by atoms with Crippen LogP contribution in [0.3, 0.4) is 0 Å². The van der Waals surface area contributed by atoms with Gasteiger partial charge in [0.2, 0.25) is 0 Å². The average molecular weight is 240 g/mol. The Hall–Kier alpha value is -0.770. The van der Waals surface area contributed by atoms with E-state index in [0.29, 0.717) is 0 Å². The summed E-state index contributed by atoms with van der Waals surface area (Å²) in [4.78, 5) is 14.1. The van der Waals surface area contributed by atoms with Crippen molar-refractivity contribution in [3.63, 3.8) is 0 Å². The molecule has 1 aliphatic carbocycles. The molecule has 2 N–H and O–H groups in total. The summed E-state index contributed by atoms with van der Waals surface area (Å²) in [7, 11) is 0. The first-order valence-corrected chi connectivity index (χ1v) is 6.61. The maximum absolute atomic E-state index is 12.2. The predicted octanol–water partition coefficient (Wildman–Crippen LogP) is 2.27. The second-order valence-corrected chi connectivity index (χ2v) is 6.34. The van der Waals surface area contributed by atoms with Gasteiger partial charge in [-0.3, -0.25) is 0 Å². The Morgan fingerprint density at radius 2 is 2.00 bits per heavy atom. The van der Waals surface area contributed by atoms with E-state index in [1.165, 1.54) is 0 Å². The van der Waals surface area contributed by atoms with Crippen LogP contribution in [-0.4, -0.2) is 34.7 Å². The molecule has 0 aromatic rings. The summed E-state index contributed by atoms with van der Waals surface area (Å²) in [5.74, 6) is 0. The fourth-order valence-corrected chi connectivity index (χ4v) is 3.22. The van der Waals surface area contributed by atoms with Crippen LogP contribution in [0, 0.1) is 0 Å². The largest absolute Gasteiger partial charge is 0.444 e. The Kier molecular flexibility index (Phi) is 3.10. The van der Waals surface area contributed by atoms with E-state index >= 15 is 0 Å². The third-order valence-electron chi connectivity index (χ3n) is 3.96. The lowest BCUT2D eigenvalue weighted by molar-refractivity contribution is 0.00617. The van der Waals surface area contributed by atoms with Gasteiger partial charge >= 0.3 is 6.09 Å². The summed E-state index contributed by atoms with van der Waals surface area (Å²) in [6, 6.07) is 0.123. The van der Waals surface area contributed by atoms with Crippen molar-refractivity contribution in [2.24, 2.45) is 5.73 Å². The molecule has 0 unspecified atom stereocenters. The monoisotopic (exact) mass is 240 g/mol. The zero-order valence-electron chi connectivity index (χ0n) is 11.2. The van der Waals surface area contributed by atoms with Crippen molar-refractivity contribution >= 4 is 6.09 Å². The number of ether oxygens (including phenoxy) is 1. The predicted molar refractivity (Wildman–Crippen MR) is 66.7 cm³/mol. The minimum Gasteiger partial charge on any atom is -0.444 e. The van der Waals surface area contributed by atoms with E-state index in [1.54, 1.807) is 0 Å². The molecule has 2 atom stereocenters. The summed E-state index contributed by atoms with van der Waals surface area (Å²) < 4.78 is 5.49. The van der Waals surface area contributed by atoms with Crippen molar-refractivity contribution < 1.29 is 9.53 Å². The van der Waals surface area contributed by atoms with Crippen LogP contribution in [0.2, 0.25) is 0 Å². The fraction of sp³-hybridized carbons (Fsp3) is 0.923. The Balaban J connectivity index is 2.12. The number of carbonyl (C=O) groups excluding carboxylic acids is 1. The van der Waals surface area contributed by atoms with E-state index in [0.717, 1.165) is 38.6 Å². The number of nitrogens with zero attached hydrogens (tertiary/aromatic N) is 1. The van der Waals surface area contributed by atoms with E-state index in [-0.39, 0.29) is 17.7 Å². The second-order valence-electron chi connectivity index (χ2n) is 6.34. The number of nitrogens with two attached hydrogens (primary N) is 1. The van der Waals surface area contributed by atoms with Crippen molar-refractivity contribution in [1.82, 2.24) is 4.90 Å². The zero-order chi connectivity index (χ0) is 12.7. The van der Waals surface area contributed by atoms with Crippen LogP contribution in [0.4, 0.5) is 4.79 Å². The lowest BCUT2D eigenvalue weighted by atomic mass is 9.91. The van der Waals surface area contributed by atoms with Crippen molar-refractivity contribution in [2.45, 2.75) is 70.1 Å². The Morgan fingerprint density at radius 3 is 2.53 bits per heavy atom. The van der Waals surface area contributed by atoms with E-state index in [4.69, 9.17) is 10.5 Å². The van der Waals surface area contributed by atoms with Gasteiger partial charge in [0.15, 0.2) is 0 Å². The Labute approximate surface area is 103 Å². The molecule has 17 heavy (non-hydrogen) atoms. The van der Waals surface area contributed by atoms with Gasteiger partial charge in [-0.25, -0.2) is 4.79 Å². The molecule has 0 radical (unpaired) electrons. The van der Waals surface area contributed by atoms with Crippen molar-refractivity contribution in [3.05, 3.63) is 0 Å². The first-order chi connectivity index (χ1) is 7.85. The summed E-state index contributed by atoms with van der Waals surface area (Å²) in [6.45, 7) is 6.51. The van der Waals surface area contributed by atoms with Gasteiger partial charge in [0.1, 0.15) is 5.60 Å². The molecule has 0 aromatic carbocycles. The van der Waals surface area contributed by atoms with E-state index < -0.39 is 5.60 Å². The molecular weight excluding hydrogens is 216 g/mol. The van der Waals surface area contributed by atoms with Crippen LogP contribution in [0.5, 0.6) is 0 Å². The van der Waals surface area contributed by atoms with Crippen LogP contribution in [0.15, 0.2) is 0 Å². The topological polar surface area (TPSA) is 55.6 Å². The highest BCUT2D eigenvalue weighted by atomic mass is 16.6. The van der Waals surface area contributed by atoms with Gasteiger partial charge in [-0.05, 0) is 52.9 Å². The van der Waals surface area contributed by atoms with Crippen molar-refractivity contribution in [3.8, 4) is 0 Å². The molecule has 1 saturated carbocycles. The molecule has 2 fully saturated rings. The lowest BCUT2D eigenvalue weighted by Crippen LogP contribution is -2.56. The standard InChI is InChI=1S/C13H24N2O2/c1-12(2,3)17-11(16)15-9-5-8-13(15)7-4-6-10(13)14/h10H,4-9,14H2,1-3H3/t10-,13-/m0/s1. The third kappa shape index (κ3) is 2.28. The molecule has 4 heteroatoms. The lowest BCUT2D eigenvalue weighted by Gasteiger charge is -2.39. The maximum Gasteiger partial charge on any atom is 0.410 e. The second kappa shape index (κ2) is 4.16. The highest BCUT2D eigenvalue weighted by molar-refractivity contribution is 5.70. The van der Waals surface area contributed by atoms with Crippen LogP contribution >= 0.6 is 0 Å². The molecule has 1 amide bonds. The Morgan fingerprint density at radius 1 is 1.35 bits per heavy atom. The van der Waals surface area contributed by atoms with Crippen LogP contribution in [-0.2, 0) is 4.74 Å².